The van der Waals surface area contributed by atoms with Crippen molar-refractivity contribution in [1.82, 2.24) is 4.90 Å². The average Bonchev–Trinajstić information content (AvgIpc) is 2.93. The molecule has 1 aromatic carbocycles. The minimum atomic E-state index is -1.11. The lowest BCUT2D eigenvalue weighted by molar-refractivity contribution is -0.158. The number of ketones is 1. The van der Waals surface area contributed by atoms with Crippen LogP contribution in [0.25, 0.3) is 0 Å². The highest BCUT2D eigenvalue weighted by molar-refractivity contribution is 6.07. The lowest BCUT2D eigenvalue weighted by Crippen LogP contribution is -2.39. The van der Waals surface area contributed by atoms with Gasteiger partial charge >= 0.3 is 5.97 Å². The van der Waals surface area contributed by atoms with Crippen LogP contribution in [0.3, 0.4) is 0 Å². The first kappa shape index (κ1) is 20.7. The van der Waals surface area contributed by atoms with Gasteiger partial charge in [0, 0.05) is 11.3 Å². The Morgan fingerprint density at radius 3 is 2.14 bits per heavy atom. The fraction of sp³-hybridized carbons (Fsp3) is 0.476. The van der Waals surface area contributed by atoms with Crippen molar-refractivity contribution in [3.05, 3.63) is 29.8 Å². The summed E-state index contributed by atoms with van der Waals surface area (Å²) >= 11 is 0. The third kappa shape index (κ3) is 4.52. The van der Waals surface area contributed by atoms with E-state index in [0.29, 0.717) is 24.1 Å². The molecule has 1 saturated carbocycles. The van der Waals surface area contributed by atoms with Crippen LogP contribution in [0.15, 0.2) is 24.3 Å². The monoisotopic (exact) mass is 400 g/mol. The van der Waals surface area contributed by atoms with Crippen LogP contribution in [0.2, 0.25) is 0 Å². The number of Topliss-reactive ketones (excluding diaryl/α,β-unsaturated/α-hetero) is 1. The van der Waals surface area contributed by atoms with E-state index in [-0.39, 0.29) is 29.4 Å². The van der Waals surface area contributed by atoms with E-state index in [1.807, 2.05) is 0 Å². The minimum absolute atomic E-state index is 0.0870. The van der Waals surface area contributed by atoms with Crippen molar-refractivity contribution >= 4 is 35.2 Å². The van der Waals surface area contributed by atoms with Crippen molar-refractivity contribution in [3.8, 4) is 0 Å². The molecule has 3 rings (SSSR count). The molecule has 8 heteroatoms. The minimum Gasteiger partial charge on any atom is -0.451 e. The number of carbonyl (C=O) groups excluding carboxylic acids is 5. The van der Waals surface area contributed by atoms with Gasteiger partial charge in [-0.2, -0.15) is 0 Å². The van der Waals surface area contributed by atoms with Gasteiger partial charge in [-0.3, -0.25) is 28.9 Å². The third-order valence-corrected chi connectivity index (χ3v) is 5.46. The quantitative estimate of drug-likeness (QED) is 0.444. The second-order valence-corrected chi connectivity index (χ2v) is 7.51. The number of esters is 1. The topological polar surface area (TPSA) is 110 Å². The molecule has 154 valence electrons. The standard InChI is InChI=1S/C21H24N2O6/c1-12(24)14-7-9-15(10-8-14)22-19(26)13(2)29-18(25)11-23-20(27)16-5-3-4-6-17(16)21(23)28/h7-10,13,16-17H,3-6,11H2,1-2H3,(H,22,26)/t13-,16+,17+/m1/s1. The summed E-state index contributed by atoms with van der Waals surface area (Å²) in [5.74, 6) is -2.75. The summed E-state index contributed by atoms with van der Waals surface area (Å²) in [4.78, 5) is 61.5. The Hall–Kier alpha value is -3.03. The second-order valence-electron chi connectivity index (χ2n) is 7.51. The van der Waals surface area contributed by atoms with Gasteiger partial charge in [0.25, 0.3) is 5.91 Å². The summed E-state index contributed by atoms with van der Waals surface area (Å²) < 4.78 is 5.11. The number of benzene rings is 1. The number of amides is 3. The fourth-order valence-electron chi connectivity index (χ4n) is 3.84. The molecule has 3 amide bonds. The SMILES string of the molecule is CC(=O)c1ccc(NC(=O)[C@@H](C)OC(=O)CN2C(=O)[C@H]3CCCC[C@@H]3C2=O)cc1. The zero-order valence-corrected chi connectivity index (χ0v) is 16.5. The predicted octanol–water partition coefficient (Wildman–Crippen LogP) is 1.93. The molecular formula is C21H24N2O6. The van der Waals surface area contributed by atoms with Crippen LogP contribution in [0.5, 0.6) is 0 Å². The van der Waals surface area contributed by atoms with Crippen LogP contribution in [0.1, 0.15) is 49.9 Å². The Labute approximate surface area is 168 Å². The first-order valence-corrected chi connectivity index (χ1v) is 9.74. The number of fused-ring (bicyclic) bond motifs is 1. The Morgan fingerprint density at radius 2 is 1.62 bits per heavy atom. The van der Waals surface area contributed by atoms with Crippen LogP contribution >= 0.6 is 0 Å². The van der Waals surface area contributed by atoms with Gasteiger partial charge in [0.2, 0.25) is 11.8 Å². The van der Waals surface area contributed by atoms with E-state index in [1.54, 1.807) is 24.3 Å². The summed E-state index contributed by atoms with van der Waals surface area (Å²) in [6, 6.07) is 6.32. The zero-order chi connectivity index (χ0) is 21.1. The van der Waals surface area contributed by atoms with Crippen LogP contribution < -0.4 is 5.32 Å². The number of imide groups is 1. The van der Waals surface area contributed by atoms with E-state index in [4.69, 9.17) is 4.74 Å². The van der Waals surface area contributed by atoms with Crippen molar-refractivity contribution < 1.29 is 28.7 Å². The second kappa shape index (κ2) is 8.55. The van der Waals surface area contributed by atoms with Crippen molar-refractivity contribution in [2.45, 2.75) is 45.6 Å². The predicted molar refractivity (Wildman–Crippen MR) is 103 cm³/mol. The highest BCUT2D eigenvalue weighted by Gasteiger charge is 2.48. The number of hydrogen-bond acceptors (Lipinski definition) is 6. The third-order valence-electron chi connectivity index (χ3n) is 5.46. The number of nitrogens with zero attached hydrogens (tertiary/aromatic N) is 1. The molecule has 1 N–H and O–H groups in total. The largest absolute Gasteiger partial charge is 0.451 e. The average molecular weight is 400 g/mol. The smallest absolute Gasteiger partial charge is 0.326 e. The first-order valence-electron chi connectivity index (χ1n) is 9.74. The summed E-state index contributed by atoms with van der Waals surface area (Å²) in [7, 11) is 0. The molecular weight excluding hydrogens is 376 g/mol. The summed E-state index contributed by atoms with van der Waals surface area (Å²) in [6.07, 6.45) is 2.04. The van der Waals surface area contributed by atoms with Crippen molar-refractivity contribution in [3.63, 3.8) is 0 Å². The van der Waals surface area contributed by atoms with Crippen LogP contribution in [0, 0.1) is 11.8 Å². The first-order chi connectivity index (χ1) is 13.8. The van der Waals surface area contributed by atoms with Crippen molar-refractivity contribution in [2.75, 3.05) is 11.9 Å². The van der Waals surface area contributed by atoms with Crippen molar-refractivity contribution in [2.24, 2.45) is 11.8 Å². The van der Waals surface area contributed by atoms with Gasteiger partial charge in [-0.1, -0.05) is 12.8 Å². The number of carbonyl (C=O) groups is 5. The van der Waals surface area contributed by atoms with Crippen LogP contribution in [-0.2, 0) is 23.9 Å². The van der Waals surface area contributed by atoms with E-state index in [2.05, 4.69) is 5.32 Å². The molecule has 2 aliphatic rings. The molecule has 1 aliphatic heterocycles. The highest BCUT2D eigenvalue weighted by Crippen LogP contribution is 2.37. The number of ether oxygens (including phenoxy) is 1. The zero-order valence-electron chi connectivity index (χ0n) is 16.5. The number of hydrogen-bond donors (Lipinski definition) is 1. The number of nitrogens with one attached hydrogen (secondary N) is 1. The summed E-state index contributed by atoms with van der Waals surface area (Å²) in [6.45, 7) is 2.38. The maximum Gasteiger partial charge on any atom is 0.326 e. The van der Waals surface area contributed by atoms with E-state index >= 15 is 0 Å². The van der Waals surface area contributed by atoms with E-state index < -0.39 is 24.5 Å². The lowest BCUT2D eigenvalue weighted by atomic mass is 9.81. The molecule has 0 bridgehead atoms. The summed E-state index contributed by atoms with van der Waals surface area (Å²) in [5, 5.41) is 2.59. The van der Waals surface area contributed by atoms with Gasteiger partial charge < -0.3 is 10.1 Å². The van der Waals surface area contributed by atoms with Gasteiger partial charge in [-0.15, -0.1) is 0 Å². The van der Waals surface area contributed by atoms with Gasteiger partial charge in [0.1, 0.15) is 6.54 Å². The molecule has 3 atom stereocenters. The Balaban J connectivity index is 1.53. The number of anilines is 1. The van der Waals surface area contributed by atoms with Crippen molar-refractivity contribution in [1.29, 1.82) is 0 Å². The molecule has 1 aromatic rings. The maximum atomic E-state index is 12.4. The summed E-state index contributed by atoms with van der Waals surface area (Å²) in [5.41, 5.74) is 0.972. The Kier molecular flexibility index (Phi) is 6.10. The Morgan fingerprint density at radius 1 is 1.07 bits per heavy atom. The molecule has 29 heavy (non-hydrogen) atoms. The van der Waals surface area contributed by atoms with Gasteiger partial charge in [0.05, 0.1) is 11.8 Å². The van der Waals surface area contributed by atoms with Crippen LogP contribution in [-0.4, -0.2) is 47.0 Å². The molecule has 0 unspecified atom stereocenters. The van der Waals surface area contributed by atoms with Gasteiger partial charge in [-0.05, 0) is 51.0 Å². The maximum absolute atomic E-state index is 12.4. The van der Waals surface area contributed by atoms with E-state index in [9.17, 15) is 24.0 Å². The molecule has 1 saturated heterocycles. The molecule has 0 spiro atoms. The lowest BCUT2D eigenvalue weighted by Gasteiger charge is -2.19. The highest BCUT2D eigenvalue weighted by atomic mass is 16.5. The van der Waals surface area contributed by atoms with E-state index in [0.717, 1.165) is 17.7 Å². The molecule has 1 aliphatic carbocycles. The van der Waals surface area contributed by atoms with Crippen LogP contribution in [0.4, 0.5) is 5.69 Å². The molecule has 0 aromatic heterocycles. The molecule has 2 fully saturated rings. The molecule has 1 heterocycles. The number of rotatable bonds is 6. The normalized spacial score (nSPS) is 22.1. The number of likely N-dealkylation sites (tertiary alicyclic amines) is 1. The Bertz CT molecular complexity index is 823. The van der Waals surface area contributed by atoms with Gasteiger partial charge in [-0.25, -0.2) is 0 Å². The van der Waals surface area contributed by atoms with Gasteiger partial charge in [0.15, 0.2) is 11.9 Å². The molecule has 0 radical (unpaired) electrons. The van der Waals surface area contributed by atoms with E-state index in [1.165, 1.54) is 13.8 Å². The molecule has 8 nitrogen and oxygen atoms in total. The fourth-order valence-corrected chi connectivity index (χ4v) is 3.84.